The van der Waals surface area contributed by atoms with E-state index in [0.29, 0.717) is 28.0 Å². The molecule has 1 aliphatic rings. The molecule has 0 unspecified atom stereocenters. The van der Waals surface area contributed by atoms with Crippen LogP contribution in [-0.2, 0) is 0 Å². The maximum atomic E-state index is 6.02. The van der Waals surface area contributed by atoms with Crippen molar-refractivity contribution < 1.29 is 0 Å². The summed E-state index contributed by atoms with van der Waals surface area (Å²) in [7, 11) is 3.79. The van der Waals surface area contributed by atoms with Crippen LogP contribution in [0.15, 0.2) is 23.2 Å². The topological polar surface area (TPSA) is 41.6 Å². The number of rotatable bonds is 2. The minimum atomic E-state index is 0.326. The first-order valence-electron chi connectivity index (χ1n) is 5.93. The van der Waals surface area contributed by atoms with Crippen molar-refractivity contribution in [3.63, 3.8) is 0 Å². The van der Waals surface area contributed by atoms with E-state index in [4.69, 9.17) is 28.9 Å². The third-order valence-corrected chi connectivity index (χ3v) is 4.04. The van der Waals surface area contributed by atoms with Crippen LogP contribution in [0.2, 0.25) is 10.0 Å². The molecule has 1 aliphatic carbocycles. The minimum Gasteiger partial charge on any atom is -0.370 e. The van der Waals surface area contributed by atoms with E-state index in [1.54, 1.807) is 0 Å². The second kappa shape index (κ2) is 5.37. The molecule has 0 saturated heterocycles. The first-order valence-corrected chi connectivity index (χ1v) is 6.68. The number of hydrogen-bond donors (Lipinski definition) is 1. The Labute approximate surface area is 118 Å². The molecule has 0 amide bonds. The second-order valence-corrected chi connectivity index (χ2v) is 5.69. The van der Waals surface area contributed by atoms with Crippen LogP contribution in [-0.4, -0.2) is 31.0 Å². The van der Waals surface area contributed by atoms with Crippen LogP contribution in [0.5, 0.6) is 0 Å². The normalized spacial score (nSPS) is 23.7. The van der Waals surface area contributed by atoms with Gasteiger partial charge >= 0.3 is 0 Å². The lowest BCUT2D eigenvalue weighted by atomic mass is 9.76. The SMILES string of the molecule is CN(C)C(N)=NC1CC(c2ccc(Cl)c(Cl)c2)C1. The van der Waals surface area contributed by atoms with Gasteiger partial charge < -0.3 is 10.6 Å². The van der Waals surface area contributed by atoms with Crippen LogP contribution in [0.1, 0.15) is 24.3 Å². The summed E-state index contributed by atoms with van der Waals surface area (Å²) in [5.41, 5.74) is 7.03. The Morgan fingerprint density at radius 2 is 1.94 bits per heavy atom. The van der Waals surface area contributed by atoms with E-state index in [9.17, 15) is 0 Å². The highest BCUT2D eigenvalue weighted by atomic mass is 35.5. The zero-order valence-electron chi connectivity index (χ0n) is 10.5. The van der Waals surface area contributed by atoms with Gasteiger partial charge in [-0.1, -0.05) is 29.3 Å². The number of hydrogen-bond acceptors (Lipinski definition) is 1. The predicted molar refractivity (Wildman–Crippen MR) is 77.5 cm³/mol. The lowest BCUT2D eigenvalue weighted by Crippen LogP contribution is -2.35. The van der Waals surface area contributed by atoms with E-state index in [1.807, 2.05) is 37.2 Å². The molecule has 18 heavy (non-hydrogen) atoms. The molecule has 3 nitrogen and oxygen atoms in total. The highest BCUT2D eigenvalue weighted by Crippen LogP contribution is 2.40. The maximum absolute atomic E-state index is 6.02. The summed E-state index contributed by atoms with van der Waals surface area (Å²) in [5, 5.41) is 1.22. The monoisotopic (exact) mass is 285 g/mol. The zero-order chi connectivity index (χ0) is 13.3. The Morgan fingerprint density at radius 3 is 2.50 bits per heavy atom. The lowest BCUT2D eigenvalue weighted by Gasteiger charge is -2.33. The van der Waals surface area contributed by atoms with Crippen molar-refractivity contribution in [2.24, 2.45) is 10.7 Å². The predicted octanol–water partition coefficient (Wildman–Crippen LogP) is 3.12. The van der Waals surface area contributed by atoms with Crippen molar-refractivity contribution in [3.8, 4) is 0 Å². The van der Waals surface area contributed by atoms with E-state index in [2.05, 4.69) is 4.99 Å². The van der Waals surface area contributed by atoms with Crippen LogP contribution < -0.4 is 5.73 Å². The Bertz CT molecular complexity index is 465. The third kappa shape index (κ3) is 2.90. The fourth-order valence-electron chi connectivity index (χ4n) is 2.03. The van der Waals surface area contributed by atoms with Crippen molar-refractivity contribution in [1.82, 2.24) is 4.90 Å². The molecule has 5 heteroatoms. The average Bonchev–Trinajstić information content (AvgIpc) is 2.26. The number of guanidine groups is 1. The molecule has 1 saturated carbocycles. The fourth-order valence-corrected chi connectivity index (χ4v) is 2.34. The van der Waals surface area contributed by atoms with E-state index in [0.717, 1.165) is 12.8 Å². The Morgan fingerprint density at radius 1 is 1.28 bits per heavy atom. The summed E-state index contributed by atoms with van der Waals surface area (Å²) in [5.74, 6) is 1.11. The number of halogens is 2. The maximum Gasteiger partial charge on any atom is 0.190 e. The van der Waals surface area contributed by atoms with E-state index in [1.165, 1.54) is 5.56 Å². The molecule has 1 aromatic rings. The highest BCUT2D eigenvalue weighted by Gasteiger charge is 2.30. The molecule has 0 radical (unpaired) electrons. The van der Waals surface area contributed by atoms with Gasteiger partial charge in [-0.25, -0.2) is 4.99 Å². The zero-order valence-corrected chi connectivity index (χ0v) is 12.0. The second-order valence-electron chi connectivity index (χ2n) is 4.88. The summed E-state index contributed by atoms with van der Waals surface area (Å²) in [6, 6.07) is 6.16. The third-order valence-electron chi connectivity index (χ3n) is 3.30. The highest BCUT2D eigenvalue weighted by molar-refractivity contribution is 6.42. The minimum absolute atomic E-state index is 0.326. The molecule has 0 aliphatic heterocycles. The number of nitrogens with zero attached hydrogens (tertiary/aromatic N) is 2. The summed E-state index contributed by atoms with van der Waals surface area (Å²) < 4.78 is 0. The van der Waals surface area contributed by atoms with Crippen LogP contribution in [0, 0.1) is 0 Å². The summed E-state index contributed by atoms with van der Waals surface area (Å²) in [6.45, 7) is 0. The van der Waals surface area contributed by atoms with Gasteiger partial charge in [0.2, 0.25) is 0 Å². The molecule has 0 spiro atoms. The molecular weight excluding hydrogens is 269 g/mol. The molecule has 98 valence electrons. The van der Waals surface area contributed by atoms with E-state index < -0.39 is 0 Å². The van der Waals surface area contributed by atoms with Gasteiger partial charge in [-0.05, 0) is 36.5 Å². The Balaban J connectivity index is 1.96. The van der Waals surface area contributed by atoms with Crippen molar-refractivity contribution in [3.05, 3.63) is 33.8 Å². The fraction of sp³-hybridized carbons (Fsp3) is 0.462. The van der Waals surface area contributed by atoms with Gasteiger partial charge in [0, 0.05) is 14.1 Å². The average molecular weight is 286 g/mol. The Hall–Kier alpha value is -0.930. The van der Waals surface area contributed by atoms with Crippen molar-refractivity contribution >= 4 is 29.2 Å². The smallest absolute Gasteiger partial charge is 0.190 e. The number of benzene rings is 1. The summed E-state index contributed by atoms with van der Waals surface area (Å²) in [4.78, 5) is 6.28. The van der Waals surface area contributed by atoms with Crippen LogP contribution >= 0.6 is 23.2 Å². The molecule has 1 aromatic carbocycles. The molecule has 0 aromatic heterocycles. The van der Waals surface area contributed by atoms with Gasteiger partial charge in [-0.15, -0.1) is 0 Å². The first-order chi connectivity index (χ1) is 8.47. The summed E-state index contributed by atoms with van der Waals surface area (Å²) >= 11 is 11.9. The standard InChI is InChI=1S/C13H17Cl2N3/c1-18(2)13(16)17-10-5-9(6-10)8-3-4-11(14)12(15)7-8/h3-4,7,9-10H,5-6H2,1-2H3,(H2,16,17). The van der Waals surface area contributed by atoms with Crippen molar-refractivity contribution in [2.45, 2.75) is 24.8 Å². The molecular formula is C13H17Cl2N3. The van der Waals surface area contributed by atoms with E-state index in [-0.39, 0.29) is 0 Å². The Kier molecular flexibility index (Phi) is 4.03. The van der Waals surface area contributed by atoms with Crippen molar-refractivity contribution in [2.75, 3.05) is 14.1 Å². The van der Waals surface area contributed by atoms with Gasteiger partial charge in [0.25, 0.3) is 0 Å². The number of aliphatic imine (C=N–C) groups is 1. The number of nitrogens with two attached hydrogens (primary N) is 1. The lowest BCUT2D eigenvalue weighted by molar-refractivity contribution is 0.350. The molecule has 0 bridgehead atoms. The van der Waals surface area contributed by atoms with Gasteiger partial charge in [0.05, 0.1) is 16.1 Å². The van der Waals surface area contributed by atoms with Crippen LogP contribution in [0.3, 0.4) is 0 Å². The molecule has 1 fully saturated rings. The molecule has 2 N–H and O–H groups in total. The quantitative estimate of drug-likeness (QED) is 0.670. The van der Waals surface area contributed by atoms with Crippen molar-refractivity contribution in [1.29, 1.82) is 0 Å². The summed E-state index contributed by atoms with van der Waals surface area (Å²) in [6.07, 6.45) is 2.04. The largest absolute Gasteiger partial charge is 0.370 e. The van der Waals surface area contributed by atoms with E-state index >= 15 is 0 Å². The van der Waals surface area contributed by atoms with Gasteiger partial charge in [0.1, 0.15) is 0 Å². The van der Waals surface area contributed by atoms with Gasteiger partial charge in [-0.2, -0.15) is 0 Å². The van der Waals surface area contributed by atoms with Gasteiger partial charge in [0.15, 0.2) is 5.96 Å². The van der Waals surface area contributed by atoms with Crippen LogP contribution in [0.25, 0.3) is 0 Å². The molecule has 2 rings (SSSR count). The molecule has 0 atom stereocenters. The first kappa shape index (κ1) is 13.5. The van der Waals surface area contributed by atoms with Gasteiger partial charge in [-0.3, -0.25) is 0 Å². The van der Waals surface area contributed by atoms with Crippen LogP contribution in [0.4, 0.5) is 0 Å². The molecule has 0 heterocycles.